The normalized spacial score (nSPS) is 11.1. The Morgan fingerprint density at radius 2 is 1.85 bits per heavy atom. The number of carbonyl (C=O) groups excluding carboxylic acids is 1. The van der Waals surface area contributed by atoms with Crippen molar-refractivity contribution in [3.63, 3.8) is 0 Å². The number of benzene rings is 2. The Morgan fingerprint density at radius 1 is 1.11 bits per heavy atom. The van der Waals surface area contributed by atoms with Crippen LogP contribution < -0.4 is 15.4 Å². The van der Waals surface area contributed by atoms with Gasteiger partial charge in [-0.05, 0) is 75.2 Å². The molecule has 2 rings (SSSR count). The largest absolute Gasteiger partial charge is 0.492 e. The summed E-state index contributed by atoms with van der Waals surface area (Å²) in [5.41, 5.74) is 4.17. The van der Waals surface area contributed by atoms with Gasteiger partial charge >= 0.3 is 6.09 Å². The second-order valence-corrected chi connectivity index (χ2v) is 7.49. The first-order valence-electron chi connectivity index (χ1n) is 9.23. The fraction of sp³-hybridized carbons (Fsp3) is 0.409. The van der Waals surface area contributed by atoms with Crippen LogP contribution in [0.3, 0.4) is 0 Å². The topological polar surface area (TPSA) is 59.6 Å². The van der Waals surface area contributed by atoms with Crippen molar-refractivity contribution in [3.8, 4) is 16.9 Å². The molecule has 0 bridgehead atoms. The molecule has 5 heteroatoms. The van der Waals surface area contributed by atoms with E-state index in [1.165, 1.54) is 11.1 Å². The van der Waals surface area contributed by atoms with Crippen LogP contribution in [0, 0.1) is 6.92 Å². The van der Waals surface area contributed by atoms with E-state index >= 15 is 0 Å². The van der Waals surface area contributed by atoms with Crippen molar-refractivity contribution in [1.29, 1.82) is 0 Å². The average Bonchev–Trinajstić information content (AvgIpc) is 2.58. The highest BCUT2D eigenvalue weighted by Gasteiger charge is 2.15. The highest BCUT2D eigenvalue weighted by Crippen LogP contribution is 2.28. The zero-order valence-electron chi connectivity index (χ0n) is 16.9. The predicted molar refractivity (Wildman–Crippen MR) is 109 cm³/mol. The van der Waals surface area contributed by atoms with Gasteiger partial charge in [0.1, 0.15) is 18.0 Å². The van der Waals surface area contributed by atoms with Crippen molar-refractivity contribution in [2.24, 2.45) is 0 Å². The molecule has 0 radical (unpaired) electrons. The lowest BCUT2D eigenvalue weighted by atomic mass is 9.98. The van der Waals surface area contributed by atoms with E-state index in [4.69, 9.17) is 9.47 Å². The highest BCUT2D eigenvalue weighted by atomic mass is 16.6. The van der Waals surface area contributed by atoms with Gasteiger partial charge in [0.25, 0.3) is 0 Å². The molecule has 2 N–H and O–H groups in total. The summed E-state index contributed by atoms with van der Waals surface area (Å²) in [5, 5.41) is 5.89. The van der Waals surface area contributed by atoms with Crippen LogP contribution in [0.2, 0.25) is 0 Å². The summed E-state index contributed by atoms with van der Waals surface area (Å²) in [6.45, 7) is 9.12. The van der Waals surface area contributed by atoms with E-state index in [-0.39, 0.29) is 0 Å². The van der Waals surface area contributed by atoms with Crippen LogP contribution in [0.15, 0.2) is 42.5 Å². The molecule has 0 saturated heterocycles. The van der Waals surface area contributed by atoms with E-state index in [1.807, 2.05) is 52.1 Å². The van der Waals surface area contributed by atoms with Gasteiger partial charge in [-0.3, -0.25) is 0 Å². The van der Waals surface area contributed by atoms with Crippen LogP contribution in [0.4, 0.5) is 4.79 Å². The standard InChI is InChI=1S/C22H30N2O3/c1-16-8-6-7-9-20(16)18-12-17(15-23-5)13-19(14-18)26-11-10-24-21(25)27-22(2,3)4/h6-9,12-14,23H,10-11,15H2,1-5H3,(H,24,25). The second kappa shape index (κ2) is 9.42. The third-order valence-electron chi connectivity index (χ3n) is 3.84. The van der Waals surface area contributed by atoms with Gasteiger partial charge in [-0.15, -0.1) is 0 Å². The fourth-order valence-corrected chi connectivity index (χ4v) is 2.74. The monoisotopic (exact) mass is 370 g/mol. The molecule has 2 aromatic carbocycles. The fourth-order valence-electron chi connectivity index (χ4n) is 2.74. The summed E-state index contributed by atoms with van der Waals surface area (Å²) < 4.78 is 11.1. The zero-order chi connectivity index (χ0) is 19.9. The van der Waals surface area contributed by atoms with Gasteiger partial charge in [0, 0.05) is 6.54 Å². The molecular weight excluding hydrogens is 340 g/mol. The predicted octanol–water partition coefficient (Wildman–Crippen LogP) is 4.28. The molecule has 0 spiro atoms. The van der Waals surface area contributed by atoms with Crippen molar-refractivity contribution < 1.29 is 14.3 Å². The summed E-state index contributed by atoms with van der Waals surface area (Å²) in [4.78, 5) is 11.7. The van der Waals surface area contributed by atoms with E-state index in [9.17, 15) is 4.79 Å². The molecule has 0 heterocycles. The first-order chi connectivity index (χ1) is 12.8. The van der Waals surface area contributed by atoms with Gasteiger partial charge < -0.3 is 20.1 Å². The Labute approximate surface area is 162 Å². The Bertz CT molecular complexity index is 766. The number of aryl methyl sites for hydroxylation is 1. The SMILES string of the molecule is CNCc1cc(OCCNC(=O)OC(C)(C)C)cc(-c2ccccc2C)c1. The maximum atomic E-state index is 11.7. The van der Waals surface area contributed by atoms with E-state index in [1.54, 1.807) is 0 Å². The van der Waals surface area contributed by atoms with Crippen molar-refractivity contribution in [3.05, 3.63) is 53.6 Å². The summed E-state index contributed by atoms with van der Waals surface area (Å²) in [6.07, 6.45) is -0.435. The number of carbonyl (C=O) groups is 1. The van der Waals surface area contributed by atoms with Crippen LogP contribution >= 0.6 is 0 Å². The van der Waals surface area contributed by atoms with Crippen LogP contribution in [-0.4, -0.2) is 31.9 Å². The first-order valence-corrected chi connectivity index (χ1v) is 9.23. The van der Waals surface area contributed by atoms with Crippen LogP contribution in [0.5, 0.6) is 5.75 Å². The summed E-state index contributed by atoms with van der Waals surface area (Å²) in [5.74, 6) is 0.784. The minimum absolute atomic E-state index is 0.370. The molecule has 0 aliphatic carbocycles. The minimum Gasteiger partial charge on any atom is -0.492 e. The van der Waals surface area contributed by atoms with Crippen LogP contribution in [-0.2, 0) is 11.3 Å². The Morgan fingerprint density at radius 3 is 2.52 bits per heavy atom. The van der Waals surface area contributed by atoms with Gasteiger partial charge in [-0.1, -0.05) is 24.3 Å². The summed E-state index contributed by atoms with van der Waals surface area (Å²) in [7, 11) is 1.92. The highest BCUT2D eigenvalue weighted by molar-refractivity contribution is 5.69. The minimum atomic E-state index is -0.505. The smallest absolute Gasteiger partial charge is 0.407 e. The number of hydrogen-bond donors (Lipinski definition) is 2. The van der Waals surface area contributed by atoms with Gasteiger partial charge in [0.15, 0.2) is 0 Å². The summed E-state index contributed by atoms with van der Waals surface area (Å²) >= 11 is 0. The molecule has 0 fully saturated rings. The Kier molecular flexibility index (Phi) is 7.25. The molecule has 0 atom stereocenters. The lowest BCUT2D eigenvalue weighted by Crippen LogP contribution is -2.34. The van der Waals surface area contributed by atoms with Gasteiger partial charge in [0.05, 0.1) is 6.54 Å². The molecule has 5 nitrogen and oxygen atoms in total. The third kappa shape index (κ3) is 6.94. The quantitative estimate of drug-likeness (QED) is 0.714. The molecule has 0 aliphatic heterocycles. The molecule has 0 saturated carbocycles. The van der Waals surface area contributed by atoms with E-state index < -0.39 is 11.7 Å². The maximum absolute atomic E-state index is 11.7. The maximum Gasteiger partial charge on any atom is 0.407 e. The molecule has 146 valence electrons. The van der Waals surface area contributed by atoms with Crippen molar-refractivity contribution >= 4 is 6.09 Å². The molecule has 1 amide bonds. The molecule has 2 aromatic rings. The van der Waals surface area contributed by atoms with Gasteiger partial charge in [-0.2, -0.15) is 0 Å². The number of nitrogens with one attached hydrogen (secondary N) is 2. The van der Waals surface area contributed by atoms with E-state index in [2.05, 4.69) is 35.8 Å². The number of amides is 1. The molecule has 0 aliphatic rings. The average molecular weight is 370 g/mol. The van der Waals surface area contributed by atoms with Crippen LogP contribution in [0.25, 0.3) is 11.1 Å². The molecular formula is C22H30N2O3. The van der Waals surface area contributed by atoms with E-state index in [0.717, 1.165) is 23.4 Å². The first kappa shape index (κ1) is 20.8. The molecule has 0 unspecified atom stereocenters. The molecule has 0 aromatic heterocycles. The van der Waals surface area contributed by atoms with Gasteiger partial charge in [-0.25, -0.2) is 4.79 Å². The zero-order valence-corrected chi connectivity index (χ0v) is 16.9. The number of hydrogen-bond acceptors (Lipinski definition) is 4. The van der Waals surface area contributed by atoms with Crippen molar-refractivity contribution in [1.82, 2.24) is 10.6 Å². The van der Waals surface area contributed by atoms with Crippen molar-refractivity contribution in [2.75, 3.05) is 20.2 Å². The number of alkyl carbamates (subject to hydrolysis) is 1. The Balaban J connectivity index is 2.04. The molecule has 27 heavy (non-hydrogen) atoms. The Hall–Kier alpha value is -2.53. The lowest BCUT2D eigenvalue weighted by molar-refractivity contribution is 0.0520. The lowest BCUT2D eigenvalue weighted by Gasteiger charge is -2.19. The van der Waals surface area contributed by atoms with Gasteiger partial charge in [0.2, 0.25) is 0 Å². The van der Waals surface area contributed by atoms with Crippen LogP contribution in [0.1, 0.15) is 31.9 Å². The number of ether oxygens (including phenoxy) is 2. The van der Waals surface area contributed by atoms with E-state index in [0.29, 0.717) is 13.2 Å². The van der Waals surface area contributed by atoms with Crippen molar-refractivity contribution in [2.45, 2.75) is 39.8 Å². The number of rotatable bonds is 7. The third-order valence-corrected chi connectivity index (χ3v) is 3.84. The summed E-state index contributed by atoms with van der Waals surface area (Å²) in [6, 6.07) is 14.5. The second-order valence-electron chi connectivity index (χ2n) is 7.49.